The Hall–Kier alpha value is -5.20. The van der Waals surface area contributed by atoms with Crippen LogP contribution in [0.3, 0.4) is 0 Å². The quantitative estimate of drug-likeness (QED) is 0.175. The van der Waals surface area contributed by atoms with Gasteiger partial charge in [0.05, 0.1) is 27.3 Å². The number of non-ortho nitro benzene ring substituents is 1. The number of amides is 1. The molecule has 0 radical (unpaired) electrons. The average molecular weight is 564 g/mol. The van der Waals surface area contributed by atoms with Gasteiger partial charge < -0.3 is 9.94 Å². The maximum absolute atomic E-state index is 12.9. The number of benzene rings is 3. The summed E-state index contributed by atoms with van der Waals surface area (Å²) < 4.78 is 0. The molecule has 3 aromatic carbocycles. The predicted octanol–water partition coefficient (Wildman–Crippen LogP) is 6.91. The van der Waals surface area contributed by atoms with Gasteiger partial charge in [0.15, 0.2) is 0 Å². The number of nitro benzene ring substituents is 2. The zero-order valence-electron chi connectivity index (χ0n) is 23.3. The third-order valence-corrected chi connectivity index (χ3v) is 5.97. The van der Waals surface area contributed by atoms with Gasteiger partial charge in [0.1, 0.15) is 11.3 Å². The van der Waals surface area contributed by atoms with Crippen molar-refractivity contribution in [1.29, 1.82) is 0 Å². The number of aromatic hydroxyl groups is 1. The van der Waals surface area contributed by atoms with Gasteiger partial charge in [0, 0.05) is 22.8 Å². The number of rotatable bonds is 7. The molecule has 3 rings (SSSR count). The number of phenolic OH excluding ortho intramolecular Hbond substituents is 1. The molecule has 0 saturated heterocycles. The lowest BCUT2D eigenvalue weighted by atomic mass is 9.78. The van der Waals surface area contributed by atoms with Crippen LogP contribution in [0.5, 0.6) is 5.75 Å². The second-order valence-corrected chi connectivity index (χ2v) is 11.2. The molecular formula is C28H29N5O8. The molecule has 0 aromatic heterocycles. The number of phenols is 1. The molecule has 13 nitrogen and oxygen atoms in total. The lowest BCUT2D eigenvalue weighted by molar-refractivity contribution is -0.394. The highest BCUT2D eigenvalue weighted by atomic mass is 16.7. The molecule has 0 fully saturated rings. The fourth-order valence-electron chi connectivity index (χ4n) is 3.78. The first kappa shape index (κ1) is 30.3. The van der Waals surface area contributed by atoms with Crippen LogP contribution in [0.2, 0.25) is 0 Å². The summed E-state index contributed by atoms with van der Waals surface area (Å²) in [5.74, 6) is -1.58. The van der Waals surface area contributed by atoms with E-state index in [4.69, 9.17) is 4.84 Å². The number of hydrogen-bond acceptors (Lipinski definition) is 10. The normalized spacial score (nSPS) is 11.8. The highest BCUT2D eigenvalue weighted by Crippen LogP contribution is 2.40. The minimum Gasteiger partial charge on any atom is -0.507 e. The van der Waals surface area contributed by atoms with Crippen molar-refractivity contribution >= 4 is 34.6 Å². The van der Waals surface area contributed by atoms with Gasteiger partial charge in [0.2, 0.25) is 0 Å². The average Bonchev–Trinajstić information content (AvgIpc) is 2.89. The molecule has 3 aromatic rings. The van der Waals surface area contributed by atoms with Gasteiger partial charge in [-0.15, -0.1) is 10.2 Å². The van der Waals surface area contributed by atoms with Crippen molar-refractivity contribution in [1.82, 2.24) is 0 Å². The summed E-state index contributed by atoms with van der Waals surface area (Å²) >= 11 is 0. The topological polar surface area (TPSA) is 187 Å². The molecule has 0 saturated carbocycles. The van der Waals surface area contributed by atoms with E-state index >= 15 is 0 Å². The summed E-state index contributed by atoms with van der Waals surface area (Å²) in [6.07, 6.45) is 0. The van der Waals surface area contributed by atoms with Crippen molar-refractivity contribution in [3.63, 3.8) is 0 Å². The standard InChI is InChI=1S/C28H29N5O8/c1-27(2,3)21-13-16(14-22(24(21)34)28(4,5)6)25(35)30-29-17-7-9-18(10-8-17)31-41-26(36)20-12-11-19(32(37)38)15-23(20)33(39)40/h7-15,31,34H,1-6H3. The molecule has 0 heterocycles. The van der Waals surface area contributed by atoms with Crippen LogP contribution >= 0.6 is 0 Å². The van der Waals surface area contributed by atoms with Crippen LogP contribution < -0.4 is 5.48 Å². The minimum atomic E-state index is -1.13. The Morgan fingerprint density at radius 3 is 1.90 bits per heavy atom. The number of nitrogens with one attached hydrogen (secondary N) is 1. The summed E-state index contributed by atoms with van der Waals surface area (Å²) in [6, 6.07) is 11.7. The number of nitrogens with zero attached hydrogens (tertiary/aromatic N) is 4. The second kappa shape index (κ2) is 11.5. The highest BCUT2D eigenvalue weighted by molar-refractivity contribution is 5.96. The third kappa shape index (κ3) is 7.26. The van der Waals surface area contributed by atoms with Crippen LogP contribution in [-0.4, -0.2) is 26.8 Å². The number of azo groups is 1. The molecule has 0 aliphatic carbocycles. The minimum absolute atomic E-state index is 0.144. The summed E-state index contributed by atoms with van der Waals surface area (Å²) in [4.78, 5) is 50.5. The molecule has 0 atom stereocenters. The lowest BCUT2D eigenvalue weighted by Gasteiger charge is -2.27. The summed E-state index contributed by atoms with van der Waals surface area (Å²) in [6.45, 7) is 11.6. The summed E-state index contributed by atoms with van der Waals surface area (Å²) in [7, 11) is 0. The predicted molar refractivity (Wildman–Crippen MR) is 150 cm³/mol. The summed E-state index contributed by atoms with van der Waals surface area (Å²) in [5.41, 5.74) is 1.81. The molecule has 0 spiro atoms. The molecule has 0 unspecified atom stereocenters. The first-order valence-corrected chi connectivity index (χ1v) is 12.3. The van der Waals surface area contributed by atoms with E-state index in [1.54, 1.807) is 12.1 Å². The Balaban J connectivity index is 1.74. The van der Waals surface area contributed by atoms with E-state index in [0.717, 1.165) is 12.1 Å². The van der Waals surface area contributed by atoms with E-state index in [2.05, 4.69) is 15.7 Å². The van der Waals surface area contributed by atoms with Crippen molar-refractivity contribution < 1.29 is 29.4 Å². The zero-order chi connectivity index (χ0) is 30.7. The number of anilines is 1. The third-order valence-electron chi connectivity index (χ3n) is 5.97. The number of nitro groups is 2. The molecule has 41 heavy (non-hydrogen) atoms. The van der Waals surface area contributed by atoms with Gasteiger partial charge >= 0.3 is 5.97 Å². The van der Waals surface area contributed by atoms with E-state index in [0.29, 0.717) is 22.9 Å². The Morgan fingerprint density at radius 2 is 1.41 bits per heavy atom. The van der Waals surface area contributed by atoms with Gasteiger partial charge in [-0.3, -0.25) is 25.0 Å². The maximum atomic E-state index is 12.9. The van der Waals surface area contributed by atoms with Crippen LogP contribution in [0.15, 0.2) is 64.8 Å². The van der Waals surface area contributed by atoms with E-state index in [1.807, 2.05) is 41.5 Å². The van der Waals surface area contributed by atoms with E-state index < -0.39 is 49.5 Å². The number of carbonyl (C=O) groups is 2. The lowest BCUT2D eigenvalue weighted by Crippen LogP contribution is -2.18. The van der Waals surface area contributed by atoms with Crippen LogP contribution in [0.4, 0.5) is 22.7 Å². The molecule has 13 heteroatoms. The Bertz CT molecular complexity index is 1520. The van der Waals surface area contributed by atoms with Crippen LogP contribution in [-0.2, 0) is 15.7 Å². The van der Waals surface area contributed by atoms with Crippen LogP contribution in [0, 0.1) is 20.2 Å². The van der Waals surface area contributed by atoms with E-state index in [1.165, 1.54) is 24.3 Å². The molecule has 0 bridgehead atoms. The van der Waals surface area contributed by atoms with Gasteiger partial charge in [-0.25, -0.2) is 10.3 Å². The Kier molecular flexibility index (Phi) is 8.51. The molecule has 1 amide bonds. The largest absolute Gasteiger partial charge is 0.507 e. The Labute approximate surface area is 235 Å². The van der Waals surface area contributed by atoms with Crippen molar-refractivity contribution in [2.24, 2.45) is 10.2 Å². The molecular weight excluding hydrogens is 534 g/mol. The number of carbonyl (C=O) groups excluding carboxylic acids is 2. The first-order valence-electron chi connectivity index (χ1n) is 12.3. The highest BCUT2D eigenvalue weighted by Gasteiger charge is 2.28. The molecule has 2 N–H and O–H groups in total. The van der Waals surface area contributed by atoms with Crippen molar-refractivity contribution in [3.8, 4) is 5.75 Å². The monoisotopic (exact) mass is 563 g/mol. The fourth-order valence-corrected chi connectivity index (χ4v) is 3.78. The van der Waals surface area contributed by atoms with Gasteiger partial charge in [-0.1, -0.05) is 41.5 Å². The summed E-state index contributed by atoms with van der Waals surface area (Å²) in [5, 5.41) is 40.8. The first-order chi connectivity index (χ1) is 19.0. The molecule has 0 aliphatic heterocycles. The van der Waals surface area contributed by atoms with Gasteiger partial charge in [0.25, 0.3) is 17.3 Å². The molecule has 214 valence electrons. The van der Waals surface area contributed by atoms with Crippen molar-refractivity contribution in [2.45, 2.75) is 52.4 Å². The fraction of sp³-hybridized carbons (Fsp3) is 0.286. The second-order valence-electron chi connectivity index (χ2n) is 11.2. The zero-order valence-corrected chi connectivity index (χ0v) is 23.3. The van der Waals surface area contributed by atoms with Gasteiger partial charge in [-0.05, 0) is 53.3 Å². The smallest absolute Gasteiger partial charge is 0.369 e. The van der Waals surface area contributed by atoms with Gasteiger partial charge in [-0.2, -0.15) is 0 Å². The van der Waals surface area contributed by atoms with Crippen molar-refractivity contribution in [2.75, 3.05) is 5.48 Å². The van der Waals surface area contributed by atoms with E-state index in [-0.39, 0.29) is 17.0 Å². The maximum Gasteiger partial charge on any atom is 0.369 e. The van der Waals surface area contributed by atoms with E-state index in [9.17, 15) is 34.9 Å². The van der Waals surface area contributed by atoms with Crippen LogP contribution in [0.25, 0.3) is 0 Å². The Morgan fingerprint density at radius 1 is 0.854 bits per heavy atom. The SMILES string of the molecule is CC(C)(C)c1cc(C(=O)N=Nc2ccc(NOC(=O)c3ccc([N+](=O)[O-])cc3[N+](=O)[O-])cc2)cc(C(C)(C)C)c1O. The molecule has 0 aliphatic rings. The number of hydrogen-bond donors (Lipinski definition) is 2. The van der Waals surface area contributed by atoms with Crippen molar-refractivity contribution in [3.05, 3.63) is 97.1 Å². The van der Waals surface area contributed by atoms with Crippen LogP contribution in [0.1, 0.15) is 73.4 Å².